The number of carbonyl (C=O) groups excluding carboxylic acids is 2. The highest BCUT2D eigenvalue weighted by Crippen LogP contribution is 2.27. The van der Waals surface area contributed by atoms with Crippen molar-refractivity contribution in [1.29, 1.82) is 0 Å². The van der Waals surface area contributed by atoms with E-state index in [4.69, 9.17) is 9.47 Å². The van der Waals surface area contributed by atoms with Crippen LogP contribution in [-0.4, -0.2) is 58.5 Å². The van der Waals surface area contributed by atoms with Crippen LogP contribution in [0.4, 0.5) is 0 Å². The van der Waals surface area contributed by atoms with Crippen molar-refractivity contribution in [3.8, 4) is 5.75 Å². The third-order valence-corrected chi connectivity index (χ3v) is 5.56. The Labute approximate surface area is 160 Å². The normalized spacial score (nSPS) is 12.8. The number of nitrogens with zero attached hydrogens (tertiary/aromatic N) is 1. The molecule has 1 atom stereocenters. The number of methoxy groups -OCH3 is 1. The first-order valence-corrected chi connectivity index (χ1v) is 9.80. The predicted molar refractivity (Wildman–Crippen MR) is 102 cm³/mol. The van der Waals surface area contributed by atoms with Gasteiger partial charge in [-0.3, -0.25) is 4.79 Å². The Kier molecular flexibility index (Phi) is 8.45. The van der Waals surface area contributed by atoms with Crippen LogP contribution in [0.1, 0.15) is 25.8 Å². The summed E-state index contributed by atoms with van der Waals surface area (Å²) in [5.74, 6) is -0.887. The molecule has 27 heavy (non-hydrogen) atoms. The number of benzene rings is 1. The van der Waals surface area contributed by atoms with E-state index in [1.165, 1.54) is 39.4 Å². The van der Waals surface area contributed by atoms with Crippen molar-refractivity contribution in [2.24, 2.45) is 0 Å². The number of rotatable bonds is 9. The summed E-state index contributed by atoms with van der Waals surface area (Å²) in [5, 5.41) is 2.68. The lowest BCUT2D eigenvalue weighted by Crippen LogP contribution is -2.35. The molecule has 0 aliphatic carbocycles. The second-order valence-corrected chi connectivity index (χ2v) is 8.14. The molecule has 0 aromatic heterocycles. The number of sulfonamides is 1. The van der Waals surface area contributed by atoms with E-state index in [2.05, 4.69) is 5.32 Å². The number of ether oxygens (including phenoxy) is 2. The van der Waals surface area contributed by atoms with Gasteiger partial charge in [0, 0.05) is 26.2 Å². The number of nitrogens with one attached hydrogen (secondary N) is 1. The fraction of sp³-hybridized carbons (Fsp3) is 0.444. The maximum atomic E-state index is 12.4. The van der Waals surface area contributed by atoms with Crippen LogP contribution >= 0.6 is 0 Å². The number of hydrogen-bond acceptors (Lipinski definition) is 6. The first kappa shape index (κ1) is 22.7. The molecule has 0 bridgehead atoms. The molecule has 0 saturated heterocycles. The standard InChI is InChI=1S/C18H26N2O6S/c1-6-13(2)19-17(21)12-26-18(22)10-8-14-7-9-15(25-5)16(11-14)27(23,24)20(3)4/h7-11,13H,6,12H2,1-5H3,(H,19,21)/b10-8+/t13-/m1/s1. The van der Waals surface area contributed by atoms with Crippen LogP contribution in [0, 0.1) is 0 Å². The van der Waals surface area contributed by atoms with Gasteiger partial charge in [0.1, 0.15) is 10.6 Å². The van der Waals surface area contributed by atoms with E-state index in [-0.39, 0.29) is 29.2 Å². The average molecular weight is 398 g/mol. The number of carbonyl (C=O) groups is 2. The Bertz CT molecular complexity index is 802. The minimum atomic E-state index is -3.71. The van der Waals surface area contributed by atoms with Crippen LogP contribution in [0.15, 0.2) is 29.2 Å². The highest BCUT2D eigenvalue weighted by atomic mass is 32.2. The fourth-order valence-corrected chi connectivity index (χ4v) is 3.05. The van der Waals surface area contributed by atoms with Gasteiger partial charge in [-0.25, -0.2) is 17.5 Å². The monoisotopic (exact) mass is 398 g/mol. The molecule has 8 nitrogen and oxygen atoms in total. The molecule has 0 radical (unpaired) electrons. The molecular formula is C18H26N2O6S. The lowest BCUT2D eigenvalue weighted by Gasteiger charge is -2.15. The van der Waals surface area contributed by atoms with Gasteiger partial charge in [-0.05, 0) is 37.1 Å². The van der Waals surface area contributed by atoms with Gasteiger partial charge >= 0.3 is 5.97 Å². The molecule has 0 aliphatic heterocycles. The van der Waals surface area contributed by atoms with Crippen LogP contribution in [0.5, 0.6) is 5.75 Å². The maximum absolute atomic E-state index is 12.4. The predicted octanol–water partition coefficient (Wildman–Crippen LogP) is 1.42. The first-order valence-electron chi connectivity index (χ1n) is 8.36. The Morgan fingerprint density at radius 3 is 2.52 bits per heavy atom. The molecule has 0 spiro atoms. The molecule has 0 saturated carbocycles. The topological polar surface area (TPSA) is 102 Å². The van der Waals surface area contributed by atoms with E-state index in [0.717, 1.165) is 16.8 Å². The van der Waals surface area contributed by atoms with Crippen molar-refractivity contribution in [2.75, 3.05) is 27.8 Å². The molecule has 0 aliphatic rings. The molecule has 1 amide bonds. The molecule has 0 fully saturated rings. The SMILES string of the molecule is CC[C@@H](C)NC(=O)COC(=O)/C=C/c1ccc(OC)c(S(=O)(=O)N(C)C)c1. The summed E-state index contributed by atoms with van der Waals surface area (Å²) < 4.78 is 35.8. The van der Waals surface area contributed by atoms with Crippen molar-refractivity contribution < 1.29 is 27.5 Å². The van der Waals surface area contributed by atoms with Gasteiger partial charge in [-0.2, -0.15) is 0 Å². The Morgan fingerprint density at radius 1 is 1.30 bits per heavy atom. The molecule has 150 valence electrons. The number of amides is 1. The second kappa shape index (κ2) is 10.1. The summed E-state index contributed by atoms with van der Waals surface area (Å²) in [5.41, 5.74) is 0.470. The third kappa shape index (κ3) is 6.69. The van der Waals surface area contributed by atoms with Gasteiger partial charge in [0.05, 0.1) is 7.11 Å². The summed E-state index contributed by atoms with van der Waals surface area (Å²) in [6, 6.07) is 4.50. The third-order valence-electron chi connectivity index (χ3n) is 3.72. The fourth-order valence-electron chi connectivity index (χ4n) is 1.96. The van der Waals surface area contributed by atoms with E-state index >= 15 is 0 Å². The van der Waals surface area contributed by atoms with Crippen molar-refractivity contribution in [2.45, 2.75) is 31.2 Å². The van der Waals surface area contributed by atoms with Crippen LogP contribution < -0.4 is 10.1 Å². The molecule has 9 heteroatoms. The van der Waals surface area contributed by atoms with Crippen LogP contribution in [0.25, 0.3) is 6.08 Å². The largest absolute Gasteiger partial charge is 0.495 e. The van der Waals surface area contributed by atoms with Crippen LogP contribution in [0.2, 0.25) is 0 Å². The van der Waals surface area contributed by atoms with Crippen LogP contribution in [0.3, 0.4) is 0 Å². The van der Waals surface area contributed by atoms with Crippen molar-refractivity contribution >= 4 is 28.0 Å². The van der Waals surface area contributed by atoms with Crippen LogP contribution in [-0.2, 0) is 24.3 Å². The number of esters is 1. The molecule has 1 rings (SSSR count). The van der Waals surface area contributed by atoms with Crippen molar-refractivity contribution in [3.63, 3.8) is 0 Å². The zero-order chi connectivity index (χ0) is 20.6. The van der Waals surface area contributed by atoms with Gasteiger partial charge in [-0.1, -0.05) is 13.0 Å². The van der Waals surface area contributed by atoms with Gasteiger partial charge in [-0.15, -0.1) is 0 Å². The van der Waals surface area contributed by atoms with E-state index in [1.807, 2.05) is 13.8 Å². The summed E-state index contributed by atoms with van der Waals surface area (Å²) in [4.78, 5) is 23.3. The maximum Gasteiger partial charge on any atom is 0.331 e. The van der Waals surface area contributed by atoms with Gasteiger partial charge in [0.2, 0.25) is 10.0 Å². The summed E-state index contributed by atoms with van der Waals surface area (Å²) in [6.45, 7) is 3.40. The molecule has 1 aromatic carbocycles. The Balaban J connectivity index is 2.84. The van der Waals surface area contributed by atoms with Crippen molar-refractivity contribution in [3.05, 3.63) is 29.8 Å². The Morgan fingerprint density at radius 2 is 1.96 bits per heavy atom. The van der Waals surface area contributed by atoms with E-state index < -0.39 is 16.0 Å². The minimum Gasteiger partial charge on any atom is -0.495 e. The zero-order valence-corrected chi connectivity index (χ0v) is 17.0. The summed E-state index contributed by atoms with van der Waals surface area (Å²) in [6.07, 6.45) is 3.31. The van der Waals surface area contributed by atoms with E-state index in [0.29, 0.717) is 5.56 Å². The summed E-state index contributed by atoms with van der Waals surface area (Å²) in [7, 11) is 0.497. The summed E-state index contributed by atoms with van der Waals surface area (Å²) >= 11 is 0. The average Bonchev–Trinajstić information content (AvgIpc) is 2.64. The van der Waals surface area contributed by atoms with E-state index in [1.54, 1.807) is 6.07 Å². The van der Waals surface area contributed by atoms with Gasteiger partial charge < -0.3 is 14.8 Å². The van der Waals surface area contributed by atoms with Gasteiger partial charge in [0.25, 0.3) is 5.91 Å². The quantitative estimate of drug-likeness (QED) is 0.499. The Hall–Kier alpha value is -2.39. The number of hydrogen-bond donors (Lipinski definition) is 1. The first-order chi connectivity index (χ1) is 12.6. The lowest BCUT2D eigenvalue weighted by molar-refractivity contribution is -0.144. The lowest BCUT2D eigenvalue weighted by atomic mass is 10.2. The molecule has 1 N–H and O–H groups in total. The molecule has 0 heterocycles. The highest BCUT2D eigenvalue weighted by molar-refractivity contribution is 7.89. The smallest absolute Gasteiger partial charge is 0.331 e. The molecule has 0 unspecified atom stereocenters. The minimum absolute atomic E-state index is 0.00288. The van der Waals surface area contributed by atoms with E-state index in [9.17, 15) is 18.0 Å². The molecule has 1 aromatic rings. The highest BCUT2D eigenvalue weighted by Gasteiger charge is 2.22. The van der Waals surface area contributed by atoms with Gasteiger partial charge in [0.15, 0.2) is 6.61 Å². The van der Waals surface area contributed by atoms with Crippen molar-refractivity contribution in [1.82, 2.24) is 9.62 Å². The zero-order valence-electron chi connectivity index (χ0n) is 16.2. The molecular weight excluding hydrogens is 372 g/mol. The second-order valence-electron chi connectivity index (χ2n) is 6.02.